The number of anilines is 1. The summed E-state index contributed by atoms with van der Waals surface area (Å²) in [6, 6.07) is 4.53. The largest absolute Gasteiger partial charge is 0.370 e. The van der Waals surface area contributed by atoms with Crippen molar-refractivity contribution in [2.24, 2.45) is 0 Å². The summed E-state index contributed by atoms with van der Waals surface area (Å²) in [7, 11) is 0. The summed E-state index contributed by atoms with van der Waals surface area (Å²) < 4.78 is 0. The van der Waals surface area contributed by atoms with E-state index in [0.29, 0.717) is 5.82 Å². The van der Waals surface area contributed by atoms with E-state index in [1.54, 1.807) is 25.1 Å². The van der Waals surface area contributed by atoms with Gasteiger partial charge in [0.15, 0.2) is 0 Å². The highest BCUT2D eigenvalue weighted by atomic mass is 16.2. The maximum atomic E-state index is 12.1. The van der Waals surface area contributed by atoms with Crippen molar-refractivity contribution in [3.8, 4) is 0 Å². The van der Waals surface area contributed by atoms with Crippen LogP contribution < -0.4 is 16.0 Å². The SMILES string of the molecule is CCNc1cccc(C(=O)NC(C)C(=O)NC(C)(C)C)n1. The van der Waals surface area contributed by atoms with Crippen LogP contribution in [0.3, 0.4) is 0 Å². The predicted octanol–water partition coefficient (Wildman–Crippen LogP) is 1.55. The molecule has 3 N–H and O–H groups in total. The zero-order valence-electron chi connectivity index (χ0n) is 13.3. The summed E-state index contributed by atoms with van der Waals surface area (Å²) in [5, 5.41) is 8.51. The van der Waals surface area contributed by atoms with E-state index < -0.39 is 6.04 Å². The lowest BCUT2D eigenvalue weighted by molar-refractivity contribution is -0.124. The molecule has 0 saturated carbocycles. The van der Waals surface area contributed by atoms with Crippen molar-refractivity contribution in [1.82, 2.24) is 15.6 Å². The third-order valence-corrected chi connectivity index (χ3v) is 2.58. The van der Waals surface area contributed by atoms with Crippen molar-refractivity contribution < 1.29 is 9.59 Å². The number of carbonyl (C=O) groups excluding carboxylic acids is 2. The number of rotatable bonds is 5. The number of nitrogens with zero attached hydrogens (tertiary/aromatic N) is 1. The van der Waals surface area contributed by atoms with Crippen LogP contribution in [0, 0.1) is 0 Å². The van der Waals surface area contributed by atoms with E-state index in [-0.39, 0.29) is 23.0 Å². The number of pyridine rings is 1. The fourth-order valence-electron chi connectivity index (χ4n) is 1.65. The Bertz CT molecular complexity index is 509. The van der Waals surface area contributed by atoms with Crippen LogP contribution in [0.2, 0.25) is 0 Å². The maximum Gasteiger partial charge on any atom is 0.270 e. The van der Waals surface area contributed by atoms with E-state index in [2.05, 4.69) is 20.9 Å². The number of aromatic nitrogens is 1. The zero-order chi connectivity index (χ0) is 16.0. The number of nitrogens with one attached hydrogen (secondary N) is 3. The Labute approximate surface area is 125 Å². The Balaban J connectivity index is 2.68. The minimum atomic E-state index is -0.624. The van der Waals surface area contributed by atoms with Crippen LogP contribution in [0.25, 0.3) is 0 Å². The summed E-state index contributed by atoms with van der Waals surface area (Å²) in [4.78, 5) is 28.2. The molecule has 1 heterocycles. The molecule has 0 radical (unpaired) electrons. The first-order valence-corrected chi connectivity index (χ1v) is 7.06. The zero-order valence-corrected chi connectivity index (χ0v) is 13.3. The van der Waals surface area contributed by atoms with Crippen LogP contribution >= 0.6 is 0 Å². The molecular formula is C15H24N4O2. The van der Waals surface area contributed by atoms with Crippen molar-refractivity contribution in [1.29, 1.82) is 0 Å². The van der Waals surface area contributed by atoms with Crippen LogP contribution in [0.5, 0.6) is 0 Å². The first-order valence-electron chi connectivity index (χ1n) is 7.06. The van der Waals surface area contributed by atoms with Crippen LogP contribution in [0.1, 0.15) is 45.1 Å². The van der Waals surface area contributed by atoms with Gasteiger partial charge in [0.05, 0.1) is 0 Å². The van der Waals surface area contributed by atoms with Crippen LogP contribution in [0.4, 0.5) is 5.82 Å². The van der Waals surface area contributed by atoms with E-state index in [9.17, 15) is 9.59 Å². The second-order valence-corrected chi connectivity index (χ2v) is 5.87. The van der Waals surface area contributed by atoms with E-state index >= 15 is 0 Å². The van der Waals surface area contributed by atoms with Gasteiger partial charge < -0.3 is 16.0 Å². The third kappa shape index (κ3) is 5.81. The van der Waals surface area contributed by atoms with Crippen molar-refractivity contribution in [2.75, 3.05) is 11.9 Å². The third-order valence-electron chi connectivity index (χ3n) is 2.58. The Hall–Kier alpha value is -2.11. The molecule has 1 rings (SSSR count). The number of amides is 2. The van der Waals surface area contributed by atoms with Gasteiger partial charge in [-0.1, -0.05) is 6.07 Å². The number of carbonyl (C=O) groups is 2. The van der Waals surface area contributed by atoms with Gasteiger partial charge in [-0.2, -0.15) is 0 Å². The van der Waals surface area contributed by atoms with Crippen LogP contribution in [0.15, 0.2) is 18.2 Å². The van der Waals surface area contributed by atoms with Gasteiger partial charge in [-0.05, 0) is 46.8 Å². The first kappa shape index (κ1) is 16.9. The molecule has 1 aromatic rings. The van der Waals surface area contributed by atoms with E-state index in [1.807, 2.05) is 27.7 Å². The van der Waals surface area contributed by atoms with Crippen molar-refractivity contribution in [2.45, 2.75) is 46.2 Å². The van der Waals surface area contributed by atoms with Gasteiger partial charge in [-0.25, -0.2) is 4.98 Å². The minimum absolute atomic E-state index is 0.223. The van der Waals surface area contributed by atoms with Gasteiger partial charge in [0.2, 0.25) is 5.91 Å². The molecule has 0 aliphatic heterocycles. The van der Waals surface area contributed by atoms with Gasteiger partial charge >= 0.3 is 0 Å². The second-order valence-electron chi connectivity index (χ2n) is 5.87. The number of hydrogen-bond acceptors (Lipinski definition) is 4. The van der Waals surface area contributed by atoms with Crippen LogP contribution in [-0.4, -0.2) is 34.9 Å². The van der Waals surface area contributed by atoms with Gasteiger partial charge in [0.25, 0.3) is 5.91 Å². The molecule has 1 atom stereocenters. The van der Waals surface area contributed by atoms with E-state index in [4.69, 9.17) is 0 Å². The highest BCUT2D eigenvalue weighted by molar-refractivity contribution is 5.96. The fraction of sp³-hybridized carbons (Fsp3) is 0.533. The highest BCUT2D eigenvalue weighted by Crippen LogP contribution is 2.05. The van der Waals surface area contributed by atoms with Crippen molar-refractivity contribution >= 4 is 17.6 Å². The Morgan fingerprint density at radius 2 is 1.95 bits per heavy atom. The molecule has 6 heteroatoms. The Kier molecular flexibility index (Phi) is 5.69. The molecule has 0 saturated heterocycles. The summed E-state index contributed by atoms with van der Waals surface area (Å²) in [5.74, 6) is 0.0435. The number of hydrogen-bond donors (Lipinski definition) is 3. The fourth-order valence-corrected chi connectivity index (χ4v) is 1.65. The average molecular weight is 292 g/mol. The van der Waals surface area contributed by atoms with Crippen molar-refractivity contribution in [3.05, 3.63) is 23.9 Å². The van der Waals surface area contributed by atoms with Crippen LogP contribution in [-0.2, 0) is 4.79 Å². The lowest BCUT2D eigenvalue weighted by Crippen LogP contribution is -2.50. The molecule has 0 fully saturated rings. The van der Waals surface area contributed by atoms with E-state index in [1.165, 1.54) is 0 Å². The van der Waals surface area contributed by atoms with E-state index in [0.717, 1.165) is 6.54 Å². The minimum Gasteiger partial charge on any atom is -0.370 e. The maximum absolute atomic E-state index is 12.1. The average Bonchev–Trinajstić information content (AvgIpc) is 2.37. The van der Waals surface area contributed by atoms with Crippen molar-refractivity contribution in [3.63, 3.8) is 0 Å². The molecule has 0 aliphatic rings. The highest BCUT2D eigenvalue weighted by Gasteiger charge is 2.21. The van der Waals surface area contributed by atoms with Gasteiger partial charge in [0, 0.05) is 12.1 Å². The van der Waals surface area contributed by atoms with Gasteiger partial charge in [0.1, 0.15) is 17.6 Å². The molecule has 1 unspecified atom stereocenters. The summed E-state index contributed by atoms with van der Waals surface area (Å²) in [5.41, 5.74) is -0.0527. The molecule has 6 nitrogen and oxygen atoms in total. The molecule has 21 heavy (non-hydrogen) atoms. The molecule has 1 aromatic heterocycles. The molecule has 0 aromatic carbocycles. The summed E-state index contributed by atoms with van der Waals surface area (Å²) in [6.07, 6.45) is 0. The summed E-state index contributed by atoms with van der Waals surface area (Å²) in [6.45, 7) is 9.99. The monoisotopic (exact) mass is 292 g/mol. The molecule has 0 bridgehead atoms. The molecule has 116 valence electrons. The lowest BCUT2D eigenvalue weighted by atomic mass is 10.1. The first-order chi connectivity index (χ1) is 9.73. The molecule has 2 amide bonds. The topological polar surface area (TPSA) is 83.1 Å². The molecular weight excluding hydrogens is 268 g/mol. The quantitative estimate of drug-likeness (QED) is 0.769. The lowest BCUT2D eigenvalue weighted by Gasteiger charge is -2.23. The predicted molar refractivity (Wildman–Crippen MR) is 83.2 cm³/mol. The molecule has 0 aliphatic carbocycles. The van der Waals surface area contributed by atoms with Gasteiger partial charge in [-0.15, -0.1) is 0 Å². The Morgan fingerprint density at radius 3 is 2.52 bits per heavy atom. The molecule has 0 spiro atoms. The standard InChI is InChI=1S/C15H24N4O2/c1-6-16-12-9-7-8-11(18-12)14(21)17-10(2)13(20)19-15(3,4)5/h7-10H,6H2,1-5H3,(H,16,18)(H,17,21)(H,19,20). The Morgan fingerprint density at radius 1 is 1.29 bits per heavy atom. The smallest absolute Gasteiger partial charge is 0.270 e. The second kappa shape index (κ2) is 7.06. The normalized spacial score (nSPS) is 12.4. The summed E-state index contributed by atoms with van der Waals surface area (Å²) >= 11 is 0. The van der Waals surface area contributed by atoms with Gasteiger partial charge in [-0.3, -0.25) is 9.59 Å².